The number of ether oxygens (including phenoxy) is 1. The molecule has 3 rings (SSSR count). The topological polar surface area (TPSA) is 26.3 Å². The molecule has 0 unspecified atom stereocenters. The van der Waals surface area contributed by atoms with Crippen molar-refractivity contribution >= 4 is 23.3 Å². The molecule has 2 aromatic carbocycles. The van der Waals surface area contributed by atoms with Crippen LogP contribution in [0.1, 0.15) is 12.0 Å². The molecule has 3 heteroatoms. The van der Waals surface area contributed by atoms with E-state index in [1.54, 1.807) is 11.8 Å². The minimum absolute atomic E-state index is 0.177. The van der Waals surface area contributed by atoms with E-state index in [2.05, 4.69) is 24.3 Å². The lowest BCUT2D eigenvalue weighted by atomic mass is 9.96. The molecule has 0 aliphatic carbocycles. The number of benzene rings is 2. The molecule has 2 aromatic rings. The van der Waals surface area contributed by atoms with Gasteiger partial charge in [0, 0.05) is 17.1 Å². The average molecular weight is 296 g/mol. The molecule has 1 aliphatic rings. The van der Waals surface area contributed by atoms with Gasteiger partial charge in [0.25, 0.3) is 0 Å². The molecule has 0 saturated heterocycles. The Balaban J connectivity index is 1.87. The number of thioether (sulfide) groups is 1. The van der Waals surface area contributed by atoms with Gasteiger partial charge in [0.1, 0.15) is 0 Å². The molecular formula is C18H16O2S. The van der Waals surface area contributed by atoms with Crippen molar-refractivity contribution in [2.75, 3.05) is 12.4 Å². The Morgan fingerprint density at radius 1 is 0.952 bits per heavy atom. The third kappa shape index (κ3) is 3.37. The van der Waals surface area contributed by atoms with E-state index < -0.39 is 0 Å². The zero-order valence-electron chi connectivity index (χ0n) is 11.6. The van der Waals surface area contributed by atoms with Gasteiger partial charge >= 0.3 is 5.97 Å². The number of rotatable bonds is 4. The molecule has 0 atom stereocenters. The zero-order chi connectivity index (χ0) is 14.5. The molecule has 0 fully saturated rings. The van der Waals surface area contributed by atoms with Gasteiger partial charge in [-0.05, 0) is 23.3 Å². The van der Waals surface area contributed by atoms with Crippen LogP contribution in [0, 0.1) is 0 Å². The van der Waals surface area contributed by atoms with Gasteiger partial charge in [-0.2, -0.15) is 0 Å². The lowest BCUT2D eigenvalue weighted by molar-refractivity contribution is -0.139. The number of carbonyl (C=O) groups is 1. The Labute approximate surface area is 128 Å². The highest BCUT2D eigenvalue weighted by Gasteiger charge is 2.22. The molecule has 0 spiro atoms. The predicted octanol–water partition coefficient (Wildman–Crippen LogP) is 4.18. The smallest absolute Gasteiger partial charge is 0.335 e. The highest BCUT2D eigenvalue weighted by atomic mass is 32.2. The summed E-state index contributed by atoms with van der Waals surface area (Å²) in [4.78, 5) is 13.3. The summed E-state index contributed by atoms with van der Waals surface area (Å²) in [6.45, 7) is 0.475. The van der Waals surface area contributed by atoms with E-state index in [4.69, 9.17) is 4.74 Å². The maximum atomic E-state index is 12.1. The van der Waals surface area contributed by atoms with E-state index in [-0.39, 0.29) is 5.97 Å². The maximum Gasteiger partial charge on any atom is 0.335 e. The summed E-state index contributed by atoms with van der Waals surface area (Å²) in [5, 5.41) is 0. The normalized spacial score (nSPS) is 15.0. The van der Waals surface area contributed by atoms with Gasteiger partial charge in [0.2, 0.25) is 0 Å². The van der Waals surface area contributed by atoms with Crippen molar-refractivity contribution in [3.8, 4) is 0 Å². The second-order valence-electron chi connectivity index (χ2n) is 4.81. The first-order chi connectivity index (χ1) is 10.3. The van der Waals surface area contributed by atoms with Crippen LogP contribution in [0.5, 0.6) is 0 Å². The van der Waals surface area contributed by atoms with Crippen LogP contribution in [0.2, 0.25) is 0 Å². The van der Waals surface area contributed by atoms with E-state index in [9.17, 15) is 4.79 Å². The Morgan fingerprint density at radius 3 is 2.33 bits per heavy atom. The predicted molar refractivity (Wildman–Crippen MR) is 86.1 cm³/mol. The monoisotopic (exact) mass is 296 g/mol. The minimum atomic E-state index is -0.177. The summed E-state index contributed by atoms with van der Waals surface area (Å²) < 4.78 is 5.22. The first-order valence-electron chi connectivity index (χ1n) is 6.97. The summed E-state index contributed by atoms with van der Waals surface area (Å²) >= 11 is 1.67. The molecule has 0 N–H and O–H groups in total. The highest BCUT2D eigenvalue weighted by Crippen LogP contribution is 2.31. The molecule has 0 bridgehead atoms. The molecule has 0 aromatic heterocycles. The number of hydrogen-bond acceptors (Lipinski definition) is 3. The van der Waals surface area contributed by atoms with E-state index >= 15 is 0 Å². The summed E-state index contributed by atoms with van der Waals surface area (Å²) in [6.07, 6.45) is 0.792. The van der Waals surface area contributed by atoms with Gasteiger partial charge in [-0.1, -0.05) is 48.5 Å². The quantitative estimate of drug-likeness (QED) is 0.625. The third-order valence-corrected chi connectivity index (χ3v) is 4.48. The molecule has 21 heavy (non-hydrogen) atoms. The summed E-state index contributed by atoms with van der Waals surface area (Å²) in [5.41, 5.74) is 3.04. The fourth-order valence-electron chi connectivity index (χ4n) is 2.38. The number of cyclic esters (lactones) is 1. The number of carbonyl (C=O) groups excluding carboxylic acids is 1. The van der Waals surface area contributed by atoms with Gasteiger partial charge in [0.15, 0.2) is 0 Å². The second kappa shape index (κ2) is 6.64. The van der Waals surface area contributed by atoms with E-state index in [0.29, 0.717) is 12.4 Å². The van der Waals surface area contributed by atoms with Crippen molar-refractivity contribution in [2.45, 2.75) is 11.3 Å². The van der Waals surface area contributed by atoms with E-state index in [1.165, 1.54) is 0 Å². The van der Waals surface area contributed by atoms with Crippen molar-refractivity contribution in [2.24, 2.45) is 0 Å². The summed E-state index contributed by atoms with van der Waals surface area (Å²) in [6, 6.07) is 20.2. The van der Waals surface area contributed by atoms with Gasteiger partial charge in [-0.25, -0.2) is 4.79 Å². The second-order valence-corrected chi connectivity index (χ2v) is 5.86. The summed E-state index contributed by atoms with van der Waals surface area (Å²) in [5.74, 6) is 0.469. The molecule has 0 radical (unpaired) electrons. The van der Waals surface area contributed by atoms with Crippen molar-refractivity contribution in [3.63, 3.8) is 0 Å². The molecule has 1 aliphatic heterocycles. The van der Waals surface area contributed by atoms with Crippen LogP contribution in [0.25, 0.3) is 5.57 Å². The summed E-state index contributed by atoms with van der Waals surface area (Å²) in [7, 11) is 0. The fourth-order valence-corrected chi connectivity index (χ4v) is 3.34. The largest absolute Gasteiger partial charge is 0.462 e. The Kier molecular flexibility index (Phi) is 4.41. The molecule has 0 amide bonds. The van der Waals surface area contributed by atoms with Crippen LogP contribution >= 0.6 is 11.8 Å². The average Bonchev–Trinajstić information content (AvgIpc) is 2.55. The lowest BCUT2D eigenvalue weighted by Crippen LogP contribution is -2.18. The standard InChI is InChI=1S/C18H16O2S/c19-18-17(13-21-15-9-5-2-6-10-15)16(11-12-20-18)14-7-3-1-4-8-14/h1-10H,11-13H2. The van der Waals surface area contributed by atoms with Crippen LogP contribution in [0.15, 0.2) is 71.1 Å². The molecule has 2 nitrogen and oxygen atoms in total. The minimum Gasteiger partial charge on any atom is -0.462 e. The molecule has 106 valence electrons. The highest BCUT2D eigenvalue weighted by molar-refractivity contribution is 7.99. The van der Waals surface area contributed by atoms with Crippen molar-refractivity contribution < 1.29 is 9.53 Å². The Hall–Kier alpha value is -2.00. The Morgan fingerprint density at radius 2 is 1.62 bits per heavy atom. The first-order valence-corrected chi connectivity index (χ1v) is 7.95. The van der Waals surface area contributed by atoms with Crippen molar-refractivity contribution in [1.82, 2.24) is 0 Å². The van der Waals surface area contributed by atoms with E-state index in [0.717, 1.165) is 28.0 Å². The fraction of sp³-hybridized carbons (Fsp3) is 0.167. The number of hydrogen-bond donors (Lipinski definition) is 0. The molecular weight excluding hydrogens is 280 g/mol. The van der Waals surface area contributed by atoms with Crippen molar-refractivity contribution in [3.05, 3.63) is 71.8 Å². The third-order valence-electron chi connectivity index (χ3n) is 3.44. The zero-order valence-corrected chi connectivity index (χ0v) is 12.4. The Bertz CT molecular complexity index is 647. The van der Waals surface area contributed by atoms with Crippen LogP contribution in [-0.4, -0.2) is 18.3 Å². The van der Waals surface area contributed by atoms with Crippen LogP contribution in [0.3, 0.4) is 0 Å². The molecule has 1 heterocycles. The van der Waals surface area contributed by atoms with Gasteiger partial charge in [0.05, 0.1) is 12.2 Å². The van der Waals surface area contributed by atoms with Crippen LogP contribution < -0.4 is 0 Å². The van der Waals surface area contributed by atoms with Gasteiger partial charge in [-0.15, -0.1) is 11.8 Å². The van der Waals surface area contributed by atoms with E-state index in [1.807, 2.05) is 36.4 Å². The van der Waals surface area contributed by atoms with Crippen LogP contribution in [-0.2, 0) is 9.53 Å². The van der Waals surface area contributed by atoms with Crippen LogP contribution in [0.4, 0.5) is 0 Å². The molecule has 0 saturated carbocycles. The lowest BCUT2D eigenvalue weighted by Gasteiger charge is -2.20. The SMILES string of the molecule is O=C1OCCC(c2ccccc2)=C1CSc1ccccc1. The number of esters is 1. The van der Waals surface area contributed by atoms with Gasteiger partial charge in [-0.3, -0.25) is 0 Å². The van der Waals surface area contributed by atoms with Gasteiger partial charge < -0.3 is 4.74 Å². The van der Waals surface area contributed by atoms with Crippen molar-refractivity contribution in [1.29, 1.82) is 0 Å². The maximum absolute atomic E-state index is 12.1. The first kappa shape index (κ1) is 14.0.